The molecular weight excluding hydrogens is 532 g/mol. The first kappa shape index (κ1) is 28.8. The minimum absolute atomic E-state index is 0.0839. The van der Waals surface area contributed by atoms with Gasteiger partial charge in [-0.15, -0.1) is 0 Å². The fourth-order valence-electron chi connectivity index (χ4n) is 4.33. The van der Waals surface area contributed by atoms with Gasteiger partial charge in [-0.2, -0.15) is 0 Å². The van der Waals surface area contributed by atoms with Gasteiger partial charge < -0.3 is 19.3 Å². The number of carbonyl (C=O) groups excluding carboxylic acids is 3. The van der Waals surface area contributed by atoms with Gasteiger partial charge in [-0.3, -0.25) is 14.5 Å². The van der Waals surface area contributed by atoms with Crippen molar-refractivity contribution in [2.75, 3.05) is 24.7 Å². The highest BCUT2D eigenvalue weighted by molar-refractivity contribution is 7.17. The lowest BCUT2D eigenvalue weighted by molar-refractivity contribution is -0.132. The van der Waals surface area contributed by atoms with E-state index in [1.807, 2.05) is 6.92 Å². The quantitative estimate of drug-likeness (QED) is 0.102. The first-order valence-electron chi connectivity index (χ1n) is 13.2. The third-order valence-electron chi connectivity index (χ3n) is 6.30. The molecule has 0 aliphatic carbocycles. The van der Waals surface area contributed by atoms with Crippen molar-refractivity contribution >= 4 is 39.9 Å². The van der Waals surface area contributed by atoms with Gasteiger partial charge in [0, 0.05) is 5.56 Å². The Hall–Kier alpha value is -4.18. The van der Waals surface area contributed by atoms with Crippen molar-refractivity contribution in [3.05, 3.63) is 75.8 Å². The van der Waals surface area contributed by atoms with Gasteiger partial charge in [-0.25, -0.2) is 9.78 Å². The number of nitrogens with zero attached hydrogens (tertiary/aromatic N) is 2. The Morgan fingerprint density at radius 3 is 2.25 bits per heavy atom. The van der Waals surface area contributed by atoms with E-state index < -0.39 is 23.7 Å². The fraction of sp³-hybridized carbons (Fsp3) is 0.333. The standard InChI is InChI=1S/C30H32N2O7S/c1-5-8-17-39-22-15-11-20(12-16-22)25(33)23-24(19-9-13-21(14-10-19)37-6-2)32(28(35)26(23)34)30-31-18(4)27(40-30)29(36)38-7-3/h9-16,24,33H,5-8,17H2,1-4H3/b25-23-. The summed E-state index contributed by atoms with van der Waals surface area (Å²) < 4.78 is 16.4. The zero-order valence-corrected chi connectivity index (χ0v) is 23.7. The maximum absolute atomic E-state index is 13.5. The fourth-order valence-corrected chi connectivity index (χ4v) is 5.32. The van der Waals surface area contributed by atoms with Crippen molar-refractivity contribution < 1.29 is 33.7 Å². The average molecular weight is 565 g/mol. The van der Waals surface area contributed by atoms with Gasteiger partial charge in [0.1, 0.15) is 22.1 Å². The van der Waals surface area contributed by atoms with Crippen LogP contribution in [-0.4, -0.2) is 47.6 Å². The van der Waals surface area contributed by atoms with Crippen molar-refractivity contribution in [2.45, 2.75) is 46.6 Å². The highest BCUT2D eigenvalue weighted by Gasteiger charge is 2.48. The molecule has 0 bridgehead atoms. The number of aryl methyl sites for hydroxylation is 1. The van der Waals surface area contributed by atoms with E-state index in [1.54, 1.807) is 62.4 Å². The summed E-state index contributed by atoms with van der Waals surface area (Å²) in [5.41, 5.74) is 1.22. The maximum atomic E-state index is 13.5. The Kier molecular flexibility index (Phi) is 9.21. The molecule has 1 fully saturated rings. The molecule has 210 valence electrons. The molecule has 0 saturated carbocycles. The first-order chi connectivity index (χ1) is 19.3. The number of aliphatic hydroxyl groups is 1. The molecule has 40 heavy (non-hydrogen) atoms. The second-order valence-corrected chi connectivity index (χ2v) is 10.0. The lowest BCUT2D eigenvalue weighted by atomic mass is 9.95. The molecule has 0 radical (unpaired) electrons. The van der Waals surface area contributed by atoms with Crippen LogP contribution in [0, 0.1) is 6.92 Å². The molecule has 0 spiro atoms. The number of benzene rings is 2. The normalized spacial score (nSPS) is 16.3. The van der Waals surface area contributed by atoms with E-state index in [4.69, 9.17) is 14.2 Å². The number of hydrogen-bond acceptors (Lipinski definition) is 9. The molecule has 1 N–H and O–H groups in total. The zero-order valence-electron chi connectivity index (χ0n) is 22.9. The SMILES string of the molecule is CCCCOc1ccc(/C(O)=C2/C(=O)C(=O)N(c3nc(C)c(C(=O)OCC)s3)C2c2ccc(OCC)cc2)cc1. The van der Waals surface area contributed by atoms with Crippen LogP contribution in [0.1, 0.15) is 66.1 Å². The highest BCUT2D eigenvalue weighted by atomic mass is 32.1. The highest BCUT2D eigenvalue weighted by Crippen LogP contribution is 2.44. The Morgan fingerprint density at radius 2 is 1.62 bits per heavy atom. The molecule has 4 rings (SSSR count). The zero-order chi connectivity index (χ0) is 28.8. The molecule has 9 nitrogen and oxygen atoms in total. The van der Waals surface area contributed by atoms with Gasteiger partial charge in [-0.1, -0.05) is 36.8 Å². The second-order valence-electron chi connectivity index (χ2n) is 9.03. The molecule has 2 aromatic carbocycles. The number of hydrogen-bond donors (Lipinski definition) is 1. The van der Waals surface area contributed by atoms with Gasteiger partial charge in [0.2, 0.25) is 0 Å². The molecule has 2 heterocycles. The minimum Gasteiger partial charge on any atom is -0.507 e. The Bertz CT molecular complexity index is 1410. The lowest BCUT2D eigenvalue weighted by Crippen LogP contribution is -2.29. The van der Waals surface area contributed by atoms with Gasteiger partial charge in [0.15, 0.2) is 5.13 Å². The van der Waals surface area contributed by atoms with E-state index >= 15 is 0 Å². The summed E-state index contributed by atoms with van der Waals surface area (Å²) in [5, 5.41) is 11.5. The van der Waals surface area contributed by atoms with Gasteiger partial charge in [-0.05, 0) is 69.2 Å². The van der Waals surface area contributed by atoms with E-state index in [9.17, 15) is 19.5 Å². The van der Waals surface area contributed by atoms with Crippen LogP contribution in [0.2, 0.25) is 0 Å². The summed E-state index contributed by atoms with van der Waals surface area (Å²) in [4.78, 5) is 45.3. The van der Waals surface area contributed by atoms with Crippen molar-refractivity contribution in [3.8, 4) is 11.5 Å². The van der Waals surface area contributed by atoms with Crippen molar-refractivity contribution in [3.63, 3.8) is 0 Å². The number of ether oxygens (including phenoxy) is 3. The Balaban J connectivity index is 1.80. The predicted molar refractivity (Wildman–Crippen MR) is 152 cm³/mol. The van der Waals surface area contributed by atoms with Crippen molar-refractivity contribution in [1.82, 2.24) is 4.98 Å². The van der Waals surface area contributed by atoms with Crippen molar-refractivity contribution in [2.24, 2.45) is 0 Å². The van der Waals surface area contributed by atoms with Crippen LogP contribution >= 0.6 is 11.3 Å². The van der Waals surface area contributed by atoms with Gasteiger partial charge in [0.05, 0.1) is 37.1 Å². The topological polar surface area (TPSA) is 115 Å². The van der Waals surface area contributed by atoms with E-state index in [2.05, 4.69) is 11.9 Å². The van der Waals surface area contributed by atoms with Crippen LogP contribution in [-0.2, 0) is 14.3 Å². The molecule has 1 aliphatic heterocycles. The monoisotopic (exact) mass is 564 g/mol. The van der Waals surface area contributed by atoms with Gasteiger partial charge >= 0.3 is 11.9 Å². The van der Waals surface area contributed by atoms with E-state index in [-0.39, 0.29) is 27.9 Å². The Morgan fingerprint density at radius 1 is 0.975 bits per heavy atom. The van der Waals surface area contributed by atoms with E-state index in [0.717, 1.165) is 24.2 Å². The number of rotatable bonds is 11. The third-order valence-corrected chi connectivity index (χ3v) is 7.43. The molecule has 1 atom stereocenters. The van der Waals surface area contributed by atoms with Crippen molar-refractivity contribution in [1.29, 1.82) is 0 Å². The predicted octanol–water partition coefficient (Wildman–Crippen LogP) is 5.83. The maximum Gasteiger partial charge on any atom is 0.350 e. The van der Waals surface area contributed by atoms with Crippen LogP contribution in [0.25, 0.3) is 5.76 Å². The molecule has 1 amide bonds. The largest absolute Gasteiger partial charge is 0.507 e. The van der Waals surface area contributed by atoms with Gasteiger partial charge in [0.25, 0.3) is 5.78 Å². The van der Waals surface area contributed by atoms with Crippen LogP contribution in [0.4, 0.5) is 5.13 Å². The smallest absolute Gasteiger partial charge is 0.350 e. The van der Waals surface area contributed by atoms with Crippen LogP contribution in [0.3, 0.4) is 0 Å². The molecular formula is C30H32N2O7S. The van der Waals surface area contributed by atoms with E-state index in [1.165, 1.54) is 4.90 Å². The summed E-state index contributed by atoms with van der Waals surface area (Å²) in [7, 11) is 0. The summed E-state index contributed by atoms with van der Waals surface area (Å²) in [6.07, 6.45) is 1.92. The number of Topliss-reactive ketones (excluding diaryl/α,β-unsaturated/α-hetero) is 1. The number of aromatic nitrogens is 1. The summed E-state index contributed by atoms with van der Waals surface area (Å²) in [5.74, 6) is -1.33. The minimum atomic E-state index is -0.989. The molecule has 1 aromatic heterocycles. The number of anilines is 1. The number of amides is 1. The number of thiazole rings is 1. The Labute approximate surface area is 237 Å². The number of aliphatic hydroxyl groups excluding tert-OH is 1. The summed E-state index contributed by atoms with van der Waals surface area (Å²) in [6, 6.07) is 12.7. The second kappa shape index (κ2) is 12.8. The summed E-state index contributed by atoms with van der Waals surface area (Å²) in [6.45, 7) is 8.52. The molecule has 1 unspecified atom stereocenters. The molecule has 1 saturated heterocycles. The first-order valence-corrected chi connectivity index (χ1v) is 14.0. The van der Waals surface area contributed by atoms with Crippen LogP contribution < -0.4 is 14.4 Å². The number of ketones is 1. The summed E-state index contributed by atoms with van der Waals surface area (Å²) >= 11 is 0.963. The molecule has 1 aliphatic rings. The van der Waals surface area contributed by atoms with Crippen LogP contribution in [0.5, 0.6) is 11.5 Å². The number of unbranched alkanes of at least 4 members (excludes halogenated alkanes) is 1. The average Bonchev–Trinajstić information content (AvgIpc) is 3.46. The lowest BCUT2D eigenvalue weighted by Gasteiger charge is -2.23. The molecule has 3 aromatic rings. The number of carbonyl (C=O) groups is 3. The van der Waals surface area contributed by atoms with Crippen LogP contribution in [0.15, 0.2) is 54.1 Å². The third kappa shape index (κ3) is 5.86. The number of esters is 1. The van der Waals surface area contributed by atoms with E-state index in [0.29, 0.717) is 41.5 Å². The molecule has 10 heteroatoms.